The smallest absolute Gasteiger partial charge is 0.0426 e. The molecule has 1 N–H and O–H groups in total. The minimum Gasteiger partial charge on any atom is -0.370 e. The summed E-state index contributed by atoms with van der Waals surface area (Å²) in [4.78, 5) is 2.55. The van der Waals surface area contributed by atoms with Gasteiger partial charge in [0.2, 0.25) is 0 Å². The van der Waals surface area contributed by atoms with Crippen molar-refractivity contribution in [2.24, 2.45) is 11.8 Å². The van der Waals surface area contributed by atoms with Gasteiger partial charge in [-0.05, 0) is 30.5 Å². The zero-order valence-corrected chi connectivity index (χ0v) is 9.08. The highest BCUT2D eigenvalue weighted by Crippen LogP contribution is 2.34. The molecule has 15 heavy (non-hydrogen) atoms. The lowest BCUT2D eigenvalue weighted by molar-refractivity contribution is 0.155. The van der Waals surface area contributed by atoms with Gasteiger partial charge in [0, 0.05) is 31.2 Å². The van der Waals surface area contributed by atoms with Gasteiger partial charge in [-0.1, -0.05) is 18.7 Å². The fourth-order valence-electron chi connectivity index (χ4n) is 3.07. The van der Waals surface area contributed by atoms with Crippen LogP contribution in [0.2, 0.25) is 0 Å². The fraction of sp³-hybridized carbons (Fsp3) is 0.538. The molecular formula is C13H18N2. The third-order valence-corrected chi connectivity index (χ3v) is 3.81. The van der Waals surface area contributed by atoms with E-state index in [1.54, 1.807) is 5.70 Å². The number of allylic oxidation sites excluding steroid dienone is 2. The van der Waals surface area contributed by atoms with Crippen LogP contribution in [0, 0.1) is 11.8 Å². The van der Waals surface area contributed by atoms with E-state index in [1.165, 1.54) is 25.1 Å². The molecule has 0 aromatic heterocycles. The number of piperidine rings is 2. The summed E-state index contributed by atoms with van der Waals surface area (Å²) in [6.07, 6.45) is 7.89. The maximum Gasteiger partial charge on any atom is 0.0426 e. The maximum atomic E-state index is 3.86. The van der Waals surface area contributed by atoms with Crippen LogP contribution >= 0.6 is 0 Å². The summed E-state index contributed by atoms with van der Waals surface area (Å²) in [6.45, 7) is 8.52. The standard InChI is InChI=1S/C13H18N2/c1-2-10-3-4-13-12-5-11(6-14-7-12)9-15(13)8-10/h2-4,11-12,14H,1,5-9H2. The monoisotopic (exact) mass is 202 g/mol. The van der Waals surface area contributed by atoms with Gasteiger partial charge in [0.05, 0.1) is 0 Å². The van der Waals surface area contributed by atoms with Gasteiger partial charge in [-0.25, -0.2) is 0 Å². The lowest BCUT2D eigenvalue weighted by atomic mass is 9.82. The predicted molar refractivity (Wildman–Crippen MR) is 62.4 cm³/mol. The lowest BCUT2D eigenvalue weighted by Gasteiger charge is -2.46. The summed E-state index contributed by atoms with van der Waals surface area (Å²) >= 11 is 0. The van der Waals surface area contributed by atoms with Crippen molar-refractivity contribution in [3.05, 3.63) is 36.1 Å². The zero-order chi connectivity index (χ0) is 10.3. The Balaban J connectivity index is 1.89. The molecule has 3 heterocycles. The quantitative estimate of drug-likeness (QED) is 0.694. The Hall–Kier alpha value is -1.02. The minimum atomic E-state index is 0.750. The zero-order valence-electron chi connectivity index (χ0n) is 9.08. The van der Waals surface area contributed by atoms with Crippen molar-refractivity contribution >= 4 is 0 Å². The minimum absolute atomic E-state index is 0.750. The van der Waals surface area contributed by atoms with Gasteiger partial charge in [-0.3, -0.25) is 0 Å². The van der Waals surface area contributed by atoms with Crippen LogP contribution in [0.1, 0.15) is 6.42 Å². The van der Waals surface area contributed by atoms with Crippen molar-refractivity contribution in [2.45, 2.75) is 6.42 Å². The second-order valence-corrected chi connectivity index (χ2v) is 4.87. The van der Waals surface area contributed by atoms with Crippen LogP contribution in [0.25, 0.3) is 0 Å². The Kier molecular flexibility index (Phi) is 2.17. The van der Waals surface area contributed by atoms with Gasteiger partial charge < -0.3 is 10.2 Å². The van der Waals surface area contributed by atoms with Gasteiger partial charge in [0.15, 0.2) is 0 Å². The highest BCUT2D eigenvalue weighted by atomic mass is 15.2. The summed E-state index contributed by atoms with van der Waals surface area (Å²) in [6, 6.07) is 0. The molecular weight excluding hydrogens is 184 g/mol. The molecule has 2 nitrogen and oxygen atoms in total. The van der Waals surface area contributed by atoms with Crippen LogP contribution in [-0.2, 0) is 0 Å². The van der Waals surface area contributed by atoms with E-state index in [4.69, 9.17) is 0 Å². The third-order valence-electron chi connectivity index (χ3n) is 3.81. The second kappa shape index (κ2) is 3.53. The number of nitrogens with one attached hydrogen (secondary N) is 1. The molecule has 2 bridgehead atoms. The summed E-state index contributed by atoms with van der Waals surface area (Å²) < 4.78 is 0. The molecule has 0 aromatic carbocycles. The molecule has 0 aliphatic carbocycles. The van der Waals surface area contributed by atoms with Crippen molar-refractivity contribution in [3.63, 3.8) is 0 Å². The molecule has 0 spiro atoms. The molecule has 0 radical (unpaired) electrons. The van der Waals surface area contributed by atoms with E-state index in [2.05, 4.69) is 28.9 Å². The second-order valence-electron chi connectivity index (χ2n) is 4.87. The van der Waals surface area contributed by atoms with Crippen LogP contribution in [0.3, 0.4) is 0 Å². The van der Waals surface area contributed by atoms with Gasteiger partial charge in [0.1, 0.15) is 0 Å². The average molecular weight is 202 g/mol. The molecule has 2 unspecified atom stereocenters. The number of nitrogens with zero attached hydrogens (tertiary/aromatic N) is 1. The maximum absolute atomic E-state index is 3.86. The highest BCUT2D eigenvalue weighted by Gasteiger charge is 2.34. The first-order chi connectivity index (χ1) is 7.36. The Morgan fingerprint density at radius 1 is 1.40 bits per heavy atom. The first-order valence-electron chi connectivity index (χ1n) is 5.85. The number of rotatable bonds is 1. The topological polar surface area (TPSA) is 15.3 Å². The SMILES string of the molecule is C=CC1=CC=C2C3CNCC(C3)CN2C1. The molecule has 0 amide bonds. The van der Waals surface area contributed by atoms with Crippen molar-refractivity contribution in [1.29, 1.82) is 0 Å². The Morgan fingerprint density at radius 2 is 2.33 bits per heavy atom. The van der Waals surface area contributed by atoms with Crippen molar-refractivity contribution in [2.75, 3.05) is 26.2 Å². The molecule has 3 rings (SSSR count). The fourth-order valence-corrected chi connectivity index (χ4v) is 3.07. The molecule has 2 saturated heterocycles. The predicted octanol–water partition coefficient (Wildman–Crippen LogP) is 1.54. The first kappa shape index (κ1) is 9.22. The van der Waals surface area contributed by atoms with Gasteiger partial charge in [-0.15, -0.1) is 0 Å². The Morgan fingerprint density at radius 3 is 3.20 bits per heavy atom. The van der Waals surface area contributed by atoms with E-state index < -0.39 is 0 Å². The van der Waals surface area contributed by atoms with Crippen molar-refractivity contribution in [3.8, 4) is 0 Å². The van der Waals surface area contributed by atoms with E-state index in [1.807, 2.05) is 6.08 Å². The van der Waals surface area contributed by atoms with Gasteiger partial charge in [-0.2, -0.15) is 0 Å². The number of fused-ring (bicyclic) bond motifs is 4. The Bertz CT molecular complexity index is 340. The van der Waals surface area contributed by atoms with E-state index in [-0.39, 0.29) is 0 Å². The van der Waals surface area contributed by atoms with Crippen LogP contribution in [0.4, 0.5) is 0 Å². The van der Waals surface area contributed by atoms with Crippen molar-refractivity contribution in [1.82, 2.24) is 10.2 Å². The summed E-state index contributed by atoms with van der Waals surface area (Å²) in [5.74, 6) is 1.60. The number of hydrogen-bond acceptors (Lipinski definition) is 2. The molecule has 2 atom stereocenters. The molecule has 2 heteroatoms. The average Bonchev–Trinajstić information content (AvgIpc) is 2.28. The van der Waals surface area contributed by atoms with E-state index >= 15 is 0 Å². The molecule has 2 fully saturated rings. The molecule has 3 aliphatic heterocycles. The normalized spacial score (nSPS) is 34.0. The largest absolute Gasteiger partial charge is 0.370 e. The number of hydrogen-bond donors (Lipinski definition) is 1. The molecule has 0 saturated carbocycles. The highest BCUT2D eigenvalue weighted by molar-refractivity contribution is 5.33. The van der Waals surface area contributed by atoms with Gasteiger partial charge >= 0.3 is 0 Å². The van der Waals surface area contributed by atoms with Crippen LogP contribution in [0.15, 0.2) is 36.1 Å². The molecule has 3 aliphatic rings. The summed E-state index contributed by atoms with van der Waals surface area (Å²) in [7, 11) is 0. The van der Waals surface area contributed by atoms with Crippen LogP contribution in [0.5, 0.6) is 0 Å². The Labute approximate surface area is 91.3 Å². The van der Waals surface area contributed by atoms with E-state index in [0.29, 0.717) is 0 Å². The third kappa shape index (κ3) is 1.53. The molecule has 80 valence electrons. The van der Waals surface area contributed by atoms with Crippen molar-refractivity contribution < 1.29 is 0 Å². The van der Waals surface area contributed by atoms with Gasteiger partial charge in [0.25, 0.3) is 0 Å². The summed E-state index contributed by atoms with van der Waals surface area (Å²) in [5.41, 5.74) is 2.90. The first-order valence-corrected chi connectivity index (χ1v) is 5.85. The van der Waals surface area contributed by atoms with Crippen LogP contribution in [-0.4, -0.2) is 31.1 Å². The van der Waals surface area contributed by atoms with Crippen LogP contribution < -0.4 is 5.32 Å². The molecule has 0 aromatic rings. The van der Waals surface area contributed by atoms with E-state index in [0.717, 1.165) is 24.9 Å². The van der Waals surface area contributed by atoms with E-state index in [9.17, 15) is 0 Å². The summed E-state index contributed by atoms with van der Waals surface area (Å²) in [5, 5.41) is 3.54. The lowest BCUT2D eigenvalue weighted by Crippen LogP contribution is -2.50.